The molecule has 0 bridgehead atoms. The summed E-state index contributed by atoms with van der Waals surface area (Å²) >= 11 is 0. The van der Waals surface area contributed by atoms with Gasteiger partial charge in [-0.25, -0.2) is 0 Å². The molecule has 33 heavy (non-hydrogen) atoms. The van der Waals surface area contributed by atoms with Crippen LogP contribution in [0.2, 0.25) is 0 Å². The van der Waals surface area contributed by atoms with E-state index in [9.17, 15) is 9.59 Å². The van der Waals surface area contributed by atoms with Crippen molar-refractivity contribution in [2.45, 2.75) is 50.6 Å². The Hall–Kier alpha value is -2.86. The summed E-state index contributed by atoms with van der Waals surface area (Å²) in [4.78, 5) is 27.5. The van der Waals surface area contributed by atoms with Crippen molar-refractivity contribution in [1.82, 2.24) is 15.5 Å². The van der Waals surface area contributed by atoms with Gasteiger partial charge in [-0.05, 0) is 48.9 Å². The number of rotatable bonds is 10. The minimum Gasteiger partial charge on any atom is -0.497 e. The van der Waals surface area contributed by atoms with Gasteiger partial charge < -0.3 is 20.3 Å². The summed E-state index contributed by atoms with van der Waals surface area (Å²) in [5.41, 5.74) is 2.14. The molecule has 1 saturated heterocycles. The molecule has 4 rings (SSSR count). The molecule has 176 valence electrons. The van der Waals surface area contributed by atoms with Gasteiger partial charge in [0.1, 0.15) is 5.75 Å². The molecule has 2 aromatic carbocycles. The molecule has 2 fully saturated rings. The lowest BCUT2D eigenvalue weighted by Crippen LogP contribution is -2.39. The lowest BCUT2D eigenvalue weighted by atomic mass is 9.84. The fourth-order valence-corrected chi connectivity index (χ4v) is 4.64. The molecule has 1 heterocycles. The Morgan fingerprint density at radius 1 is 1.06 bits per heavy atom. The van der Waals surface area contributed by atoms with Gasteiger partial charge in [-0.1, -0.05) is 48.9 Å². The van der Waals surface area contributed by atoms with Crippen LogP contribution >= 0.6 is 0 Å². The van der Waals surface area contributed by atoms with Crippen LogP contribution in [0.5, 0.6) is 5.75 Å². The van der Waals surface area contributed by atoms with Gasteiger partial charge in [-0.2, -0.15) is 0 Å². The van der Waals surface area contributed by atoms with Crippen LogP contribution in [0.15, 0.2) is 54.6 Å². The van der Waals surface area contributed by atoms with Crippen LogP contribution in [0.4, 0.5) is 0 Å². The molecule has 0 unspecified atom stereocenters. The summed E-state index contributed by atoms with van der Waals surface area (Å²) in [5.74, 6) is 1.23. The third-order valence-electron chi connectivity index (χ3n) is 6.89. The molecule has 2 amide bonds. The van der Waals surface area contributed by atoms with Gasteiger partial charge in [-0.3, -0.25) is 9.59 Å². The van der Waals surface area contributed by atoms with Crippen LogP contribution in [0, 0.1) is 5.92 Å². The molecule has 0 spiro atoms. The zero-order chi connectivity index (χ0) is 23.0. The highest BCUT2D eigenvalue weighted by atomic mass is 16.5. The number of hydrogen-bond acceptors (Lipinski definition) is 4. The predicted molar refractivity (Wildman–Crippen MR) is 129 cm³/mol. The second-order valence-electron chi connectivity index (χ2n) is 9.27. The highest BCUT2D eigenvalue weighted by Gasteiger charge is 2.28. The molecule has 1 aliphatic heterocycles. The van der Waals surface area contributed by atoms with Gasteiger partial charge in [0.2, 0.25) is 11.8 Å². The fourth-order valence-electron chi connectivity index (χ4n) is 4.64. The molecular formula is C27H35N3O3. The van der Waals surface area contributed by atoms with Crippen LogP contribution in [0.3, 0.4) is 0 Å². The number of methoxy groups -OCH3 is 1. The van der Waals surface area contributed by atoms with Gasteiger partial charge >= 0.3 is 0 Å². The fraction of sp³-hybridized carbons (Fsp3) is 0.481. The summed E-state index contributed by atoms with van der Waals surface area (Å²) in [7, 11) is 1.64. The Morgan fingerprint density at radius 3 is 2.48 bits per heavy atom. The maximum Gasteiger partial charge on any atom is 0.224 e. The second kappa shape index (κ2) is 11.3. The molecule has 1 saturated carbocycles. The first kappa shape index (κ1) is 23.3. The first-order chi connectivity index (χ1) is 16.1. The van der Waals surface area contributed by atoms with Gasteiger partial charge in [-0.15, -0.1) is 0 Å². The van der Waals surface area contributed by atoms with Crippen LogP contribution in [0.25, 0.3) is 0 Å². The zero-order valence-corrected chi connectivity index (χ0v) is 19.5. The van der Waals surface area contributed by atoms with E-state index in [-0.39, 0.29) is 29.8 Å². The van der Waals surface area contributed by atoms with E-state index in [1.807, 2.05) is 42.5 Å². The summed E-state index contributed by atoms with van der Waals surface area (Å²) in [6.45, 7) is 2.72. The standard InChI is InChI=1S/C27H35N3O3/c1-33-24-12-10-20(11-13-24)18-26(31)28-23-14-16-30(19-23)17-15-25(21-6-3-2-4-7-21)29-27(32)22-8-5-9-22/h2-4,6-7,10-13,22-23,25H,5,8-9,14-19H2,1H3,(H,28,31)(H,29,32)/t23-,25+/m1/s1. The average molecular weight is 450 g/mol. The van der Waals surface area contributed by atoms with Crippen molar-refractivity contribution in [2.75, 3.05) is 26.7 Å². The monoisotopic (exact) mass is 449 g/mol. The normalized spacial score (nSPS) is 19.5. The zero-order valence-electron chi connectivity index (χ0n) is 19.5. The maximum atomic E-state index is 12.6. The first-order valence-corrected chi connectivity index (χ1v) is 12.1. The Labute approximate surface area is 196 Å². The van der Waals surface area contributed by atoms with Crippen LogP contribution in [0.1, 0.15) is 49.3 Å². The van der Waals surface area contributed by atoms with Gasteiger partial charge in [0.05, 0.1) is 19.6 Å². The number of likely N-dealkylation sites (tertiary alicyclic amines) is 1. The van der Waals surface area contributed by atoms with E-state index >= 15 is 0 Å². The molecule has 0 radical (unpaired) electrons. The van der Waals surface area contributed by atoms with E-state index in [0.29, 0.717) is 6.42 Å². The average Bonchev–Trinajstić information content (AvgIpc) is 3.23. The highest BCUT2D eigenvalue weighted by molar-refractivity contribution is 5.80. The molecule has 0 aromatic heterocycles. The minimum absolute atomic E-state index is 0.0306. The molecule has 6 nitrogen and oxygen atoms in total. The van der Waals surface area contributed by atoms with Crippen molar-refractivity contribution in [3.63, 3.8) is 0 Å². The summed E-state index contributed by atoms with van der Waals surface area (Å²) in [6.07, 6.45) is 5.39. The highest BCUT2D eigenvalue weighted by Crippen LogP contribution is 2.28. The van der Waals surface area contributed by atoms with Gasteiger partial charge in [0, 0.05) is 31.6 Å². The minimum atomic E-state index is 0.0306. The van der Waals surface area contributed by atoms with E-state index in [1.54, 1.807) is 7.11 Å². The lowest BCUT2D eigenvalue weighted by molar-refractivity contribution is -0.128. The molecule has 6 heteroatoms. The number of carbonyl (C=O) groups is 2. The maximum absolute atomic E-state index is 12.6. The quantitative estimate of drug-likeness (QED) is 0.583. The van der Waals surface area contributed by atoms with Crippen molar-refractivity contribution >= 4 is 11.8 Å². The van der Waals surface area contributed by atoms with E-state index in [4.69, 9.17) is 4.74 Å². The van der Waals surface area contributed by atoms with Gasteiger partial charge in [0.25, 0.3) is 0 Å². The lowest BCUT2D eigenvalue weighted by Gasteiger charge is -2.28. The van der Waals surface area contributed by atoms with Crippen LogP contribution in [-0.2, 0) is 16.0 Å². The number of benzene rings is 2. The van der Waals surface area contributed by atoms with E-state index < -0.39 is 0 Å². The molecule has 2 aromatic rings. The largest absolute Gasteiger partial charge is 0.497 e. The summed E-state index contributed by atoms with van der Waals surface area (Å²) in [5, 5.41) is 6.48. The number of nitrogens with one attached hydrogen (secondary N) is 2. The number of ether oxygens (including phenoxy) is 1. The summed E-state index contributed by atoms with van der Waals surface area (Å²) in [6, 6.07) is 18.1. The van der Waals surface area contributed by atoms with Crippen LogP contribution < -0.4 is 15.4 Å². The number of nitrogens with zero attached hydrogens (tertiary/aromatic N) is 1. The SMILES string of the molecule is COc1ccc(CC(=O)N[C@@H]2CCN(CC[C@H](NC(=O)C3CCC3)c3ccccc3)C2)cc1. The molecule has 2 N–H and O–H groups in total. The van der Waals surface area contributed by atoms with Crippen molar-refractivity contribution in [2.24, 2.45) is 5.92 Å². The van der Waals surface area contributed by atoms with Crippen molar-refractivity contribution in [3.8, 4) is 5.75 Å². The van der Waals surface area contributed by atoms with E-state index in [1.165, 1.54) is 0 Å². The van der Waals surface area contributed by atoms with Crippen molar-refractivity contribution in [1.29, 1.82) is 0 Å². The summed E-state index contributed by atoms with van der Waals surface area (Å²) < 4.78 is 5.17. The Bertz CT molecular complexity index is 912. The number of carbonyl (C=O) groups excluding carboxylic acids is 2. The number of hydrogen-bond donors (Lipinski definition) is 2. The van der Waals surface area contributed by atoms with Crippen molar-refractivity contribution in [3.05, 3.63) is 65.7 Å². The van der Waals surface area contributed by atoms with E-state index in [0.717, 1.165) is 68.6 Å². The third kappa shape index (κ3) is 6.57. The van der Waals surface area contributed by atoms with E-state index in [2.05, 4.69) is 27.7 Å². The number of amides is 2. The second-order valence-corrected chi connectivity index (χ2v) is 9.27. The Morgan fingerprint density at radius 2 is 1.82 bits per heavy atom. The first-order valence-electron chi connectivity index (χ1n) is 12.1. The molecular weight excluding hydrogens is 414 g/mol. The van der Waals surface area contributed by atoms with Crippen molar-refractivity contribution < 1.29 is 14.3 Å². The molecule has 1 aliphatic carbocycles. The molecule has 2 atom stereocenters. The smallest absolute Gasteiger partial charge is 0.224 e. The van der Waals surface area contributed by atoms with Crippen LogP contribution in [-0.4, -0.2) is 49.5 Å². The predicted octanol–water partition coefficient (Wildman–Crippen LogP) is 3.48. The van der Waals surface area contributed by atoms with Gasteiger partial charge in [0.15, 0.2) is 0 Å². The molecule has 2 aliphatic rings. The Balaban J connectivity index is 1.24. The topological polar surface area (TPSA) is 70.7 Å². The third-order valence-corrected chi connectivity index (χ3v) is 6.89. The Kier molecular flexibility index (Phi) is 8.00.